The SMILES string of the molecule is CC(CCCO)NCc1ccccc1Br. The van der Waals surface area contributed by atoms with Gasteiger partial charge in [0.05, 0.1) is 0 Å². The van der Waals surface area contributed by atoms with Gasteiger partial charge in [-0.3, -0.25) is 0 Å². The number of hydrogen-bond acceptors (Lipinski definition) is 2. The molecule has 0 bridgehead atoms. The Balaban J connectivity index is 2.33. The summed E-state index contributed by atoms with van der Waals surface area (Å²) in [6.45, 7) is 3.29. The van der Waals surface area contributed by atoms with Crippen molar-refractivity contribution in [2.75, 3.05) is 6.61 Å². The Morgan fingerprint density at radius 1 is 1.40 bits per heavy atom. The average Bonchev–Trinajstić information content (AvgIpc) is 2.25. The van der Waals surface area contributed by atoms with E-state index in [0.717, 1.165) is 23.9 Å². The highest BCUT2D eigenvalue weighted by Crippen LogP contribution is 2.15. The summed E-state index contributed by atoms with van der Waals surface area (Å²) in [5.41, 5.74) is 1.27. The molecule has 0 radical (unpaired) electrons. The molecular formula is C12H18BrNO. The molecule has 0 saturated carbocycles. The summed E-state index contributed by atoms with van der Waals surface area (Å²) in [4.78, 5) is 0. The van der Waals surface area contributed by atoms with Crippen LogP contribution in [0, 0.1) is 0 Å². The van der Waals surface area contributed by atoms with E-state index in [1.54, 1.807) is 0 Å². The number of hydrogen-bond donors (Lipinski definition) is 2. The van der Waals surface area contributed by atoms with Gasteiger partial charge in [-0.15, -0.1) is 0 Å². The molecule has 1 rings (SSSR count). The predicted octanol–water partition coefficient (Wildman–Crippen LogP) is 2.70. The maximum atomic E-state index is 8.71. The smallest absolute Gasteiger partial charge is 0.0431 e. The van der Waals surface area contributed by atoms with Crippen molar-refractivity contribution in [3.8, 4) is 0 Å². The van der Waals surface area contributed by atoms with Gasteiger partial charge < -0.3 is 10.4 Å². The lowest BCUT2D eigenvalue weighted by molar-refractivity contribution is 0.276. The van der Waals surface area contributed by atoms with Crippen molar-refractivity contribution in [1.82, 2.24) is 5.32 Å². The summed E-state index contributed by atoms with van der Waals surface area (Å²) >= 11 is 3.52. The maximum Gasteiger partial charge on any atom is 0.0431 e. The van der Waals surface area contributed by atoms with Gasteiger partial charge >= 0.3 is 0 Å². The molecule has 0 saturated heterocycles. The summed E-state index contributed by atoms with van der Waals surface area (Å²) in [6.07, 6.45) is 1.88. The van der Waals surface area contributed by atoms with Crippen molar-refractivity contribution >= 4 is 15.9 Å². The molecule has 2 nitrogen and oxygen atoms in total. The number of aliphatic hydroxyl groups is 1. The first-order chi connectivity index (χ1) is 7.24. The Kier molecular flexibility index (Phi) is 5.91. The minimum absolute atomic E-state index is 0.279. The summed E-state index contributed by atoms with van der Waals surface area (Å²) in [7, 11) is 0. The Hall–Kier alpha value is -0.380. The third kappa shape index (κ3) is 4.78. The minimum Gasteiger partial charge on any atom is -0.396 e. The standard InChI is InChI=1S/C12H18BrNO/c1-10(5-4-8-15)14-9-11-6-2-3-7-12(11)13/h2-3,6-7,10,14-15H,4-5,8-9H2,1H3. The molecule has 84 valence electrons. The average molecular weight is 272 g/mol. The molecule has 2 N–H and O–H groups in total. The molecule has 15 heavy (non-hydrogen) atoms. The van der Waals surface area contributed by atoms with Crippen LogP contribution < -0.4 is 5.32 Å². The molecule has 0 heterocycles. The van der Waals surface area contributed by atoms with Crippen LogP contribution in [0.15, 0.2) is 28.7 Å². The summed E-state index contributed by atoms with van der Waals surface area (Å²) in [6, 6.07) is 8.66. The molecule has 0 fully saturated rings. The third-order valence-electron chi connectivity index (χ3n) is 2.39. The van der Waals surface area contributed by atoms with Gasteiger partial charge in [0, 0.05) is 23.7 Å². The van der Waals surface area contributed by atoms with Crippen LogP contribution in [0.2, 0.25) is 0 Å². The second kappa shape index (κ2) is 6.99. The zero-order chi connectivity index (χ0) is 11.1. The van der Waals surface area contributed by atoms with Gasteiger partial charge in [-0.1, -0.05) is 34.1 Å². The lowest BCUT2D eigenvalue weighted by atomic mass is 10.1. The first-order valence-electron chi connectivity index (χ1n) is 5.31. The zero-order valence-electron chi connectivity index (χ0n) is 9.04. The van der Waals surface area contributed by atoms with Gasteiger partial charge in [-0.05, 0) is 31.4 Å². The highest BCUT2D eigenvalue weighted by molar-refractivity contribution is 9.10. The number of nitrogens with one attached hydrogen (secondary N) is 1. The first-order valence-corrected chi connectivity index (χ1v) is 6.11. The number of aliphatic hydroxyl groups excluding tert-OH is 1. The number of benzene rings is 1. The Bertz CT molecular complexity index is 291. The van der Waals surface area contributed by atoms with Crippen LogP contribution in [0.3, 0.4) is 0 Å². The summed E-state index contributed by atoms with van der Waals surface area (Å²) in [5.74, 6) is 0. The van der Waals surface area contributed by atoms with Crippen LogP contribution in [0.1, 0.15) is 25.3 Å². The van der Waals surface area contributed by atoms with E-state index in [4.69, 9.17) is 5.11 Å². The molecule has 1 atom stereocenters. The highest BCUT2D eigenvalue weighted by Gasteiger charge is 2.02. The molecule has 0 aromatic heterocycles. The van der Waals surface area contributed by atoms with Crippen molar-refractivity contribution in [1.29, 1.82) is 0 Å². The van der Waals surface area contributed by atoms with Crippen LogP contribution in [-0.4, -0.2) is 17.8 Å². The molecular weight excluding hydrogens is 254 g/mol. The van der Waals surface area contributed by atoms with Crippen LogP contribution in [0.5, 0.6) is 0 Å². The molecule has 1 unspecified atom stereocenters. The fraction of sp³-hybridized carbons (Fsp3) is 0.500. The van der Waals surface area contributed by atoms with E-state index in [0.29, 0.717) is 6.04 Å². The van der Waals surface area contributed by atoms with Gasteiger partial charge in [0.2, 0.25) is 0 Å². The van der Waals surface area contributed by atoms with Crippen LogP contribution in [-0.2, 0) is 6.54 Å². The second-order valence-electron chi connectivity index (χ2n) is 3.74. The van der Waals surface area contributed by atoms with Gasteiger partial charge in [-0.2, -0.15) is 0 Å². The van der Waals surface area contributed by atoms with E-state index < -0.39 is 0 Å². The minimum atomic E-state index is 0.279. The lowest BCUT2D eigenvalue weighted by Gasteiger charge is -2.13. The highest BCUT2D eigenvalue weighted by atomic mass is 79.9. The third-order valence-corrected chi connectivity index (χ3v) is 3.17. The monoisotopic (exact) mass is 271 g/mol. The maximum absolute atomic E-state index is 8.71. The topological polar surface area (TPSA) is 32.3 Å². The van der Waals surface area contributed by atoms with Crippen molar-refractivity contribution in [3.05, 3.63) is 34.3 Å². The Morgan fingerprint density at radius 2 is 2.13 bits per heavy atom. The number of rotatable bonds is 6. The van der Waals surface area contributed by atoms with E-state index in [2.05, 4.69) is 40.3 Å². The van der Waals surface area contributed by atoms with E-state index in [9.17, 15) is 0 Å². The van der Waals surface area contributed by atoms with Crippen molar-refractivity contribution < 1.29 is 5.11 Å². The predicted molar refractivity (Wildman–Crippen MR) is 66.8 cm³/mol. The molecule has 0 spiro atoms. The van der Waals surface area contributed by atoms with Gasteiger partial charge in [0.1, 0.15) is 0 Å². The normalized spacial score (nSPS) is 12.7. The second-order valence-corrected chi connectivity index (χ2v) is 4.59. The van der Waals surface area contributed by atoms with Crippen molar-refractivity contribution in [2.24, 2.45) is 0 Å². The fourth-order valence-corrected chi connectivity index (χ4v) is 1.85. The van der Waals surface area contributed by atoms with Gasteiger partial charge in [-0.25, -0.2) is 0 Å². The van der Waals surface area contributed by atoms with E-state index in [1.165, 1.54) is 5.56 Å². The Morgan fingerprint density at radius 3 is 2.80 bits per heavy atom. The number of halogens is 1. The molecule has 0 aliphatic heterocycles. The largest absolute Gasteiger partial charge is 0.396 e. The Labute approximate surface area is 99.8 Å². The molecule has 0 aliphatic carbocycles. The van der Waals surface area contributed by atoms with Crippen LogP contribution >= 0.6 is 15.9 Å². The molecule has 3 heteroatoms. The fourth-order valence-electron chi connectivity index (χ4n) is 1.43. The zero-order valence-corrected chi connectivity index (χ0v) is 10.6. The molecule has 0 amide bonds. The van der Waals surface area contributed by atoms with Gasteiger partial charge in [0.25, 0.3) is 0 Å². The van der Waals surface area contributed by atoms with E-state index in [-0.39, 0.29) is 6.61 Å². The van der Waals surface area contributed by atoms with Crippen LogP contribution in [0.25, 0.3) is 0 Å². The van der Waals surface area contributed by atoms with Crippen LogP contribution in [0.4, 0.5) is 0 Å². The first kappa shape index (κ1) is 12.7. The van der Waals surface area contributed by atoms with E-state index in [1.807, 2.05) is 12.1 Å². The summed E-state index contributed by atoms with van der Waals surface area (Å²) in [5, 5.41) is 12.1. The lowest BCUT2D eigenvalue weighted by Crippen LogP contribution is -2.25. The van der Waals surface area contributed by atoms with Crippen molar-refractivity contribution in [2.45, 2.75) is 32.4 Å². The van der Waals surface area contributed by atoms with Gasteiger partial charge in [0.15, 0.2) is 0 Å². The quantitative estimate of drug-likeness (QED) is 0.834. The molecule has 1 aromatic rings. The van der Waals surface area contributed by atoms with E-state index >= 15 is 0 Å². The molecule has 0 aliphatic rings. The summed E-state index contributed by atoms with van der Waals surface area (Å²) < 4.78 is 1.15. The molecule has 1 aromatic carbocycles. The van der Waals surface area contributed by atoms with Crippen molar-refractivity contribution in [3.63, 3.8) is 0 Å².